The Morgan fingerprint density at radius 1 is 1.07 bits per heavy atom. The van der Waals surface area contributed by atoms with Crippen LogP contribution < -0.4 is 15.4 Å². The number of nitrogens with one attached hydrogen (secondary N) is 2. The normalized spacial score (nSPS) is 18.3. The van der Waals surface area contributed by atoms with E-state index in [0.29, 0.717) is 12.8 Å². The van der Waals surface area contributed by atoms with Crippen LogP contribution in [0.5, 0.6) is 5.75 Å². The van der Waals surface area contributed by atoms with Gasteiger partial charge < -0.3 is 20.5 Å². The summed E-state index contributed by atoms with van der Waals surface area (Å²) in [4.78, 5) is 24.0. The highest BCUT2D eigenvalue weighted by molar-refractivity contribution is 6.39. The van der Waals surface area contributed by atoms with Crippen molar-refractivity contribution in [2.45, 2.75) is 24.8 Å². The van der Waals surface area contributed by atoms with Gasteiger partial charge in [-0.15, -0.1) is 13.2 Å². The molecule has 0 spiro atoms. The molecule has 0 saturated heterocycles. The molecule has 3 rings (SSSR count). The van der Waals surface area contributed by atoms with Gasteiger partial charge in [0.05, 0.1) is 6.54 Å². The number of halogens is 3. The number of aryl methyl sites for hydroxylation is 1. The van der Waals surface area contributed by atoms with Gasteiger partial charge in [-0.3, -0.25) is 9.59 Å². The molecular formula is C19H17F3N2O4. The van der Waals surface area contributed by atoms with Crippen LogP contribution in [0.15, 0.2) is 48.5 Å². The number of carbonyl (C=O) groups is 2. The predicted molar refractivity (Wildman–Crippen MR) is 93.4 cm³/mol. The van der Waals surface area contributed by atoms with Gasteiger partial charge in [-0.1, -0.05) is 24.3 Å². The molecule has 0 aromatic heterocycles. The standard InChI is InChI=1S/C19H17F3N2O4/c20-19(21,22)28-14-7-5-13(6-8-14)24-17(26)16(25)23-11-18(27)10-9-12-3-1-2-4-15(12)18/h1-8,27H,9-11H2,(H,23,25)(H,24,26). The molecule has 0 aliphatic heterocycles. The smallest absolute Gasteiger partial charge is 0.406 e. The van der Waals surface area contributed by atoms with Crippen molar-refractivity contribution in [3.05, 3.63) is 59.7 Å². The third-order valence-electron chi connectivity index (χ3n) is 4.42. The fraction of sp³-hybridized carbons (Fsp3) is 0.263. The van der Waals surface area contributed by atoms with Crippen molar-refractivity contribution in [2.75, 3.05) is 11.9 Å². The van der Waals surface area contributed by atoms with E-state index < -0.39 is 29.5 Å². The summed E-state index contributed by atoms with van der Waals surface area (Å²) in [7, 11) is 0. The van der Waals surface area contributed by atoms with Crippen LogP contribution in [0.3, 0.4) is 0 Å². The number of anilines is 1. The van der Waals surface area contributed by atoms with Gasteiger partial charge in [-0.25, -0.2) is 0 Å². The van der Waals surface area contributed by atoms with Crippen LogP contribution in [-0.4, -0.2) is 29.8 Å². The molecule has 0 radical (unpaired) electrons. The molecule has 6 nitrogen and oxygen atoms in total. The molecule has 2 amide bonds. The van der Waals surface area contributed by atoms with E-state index in [2.05, 4.69) is 15.4 Å². The Bertz CT molecular complexity index is 883. The van der Waals surface area contributed by atoms with Crippen molar-refractivity contribution in [3.8, 4) is 5.75 Å². The Hall–Kier alpha value is -3.07. The second-order valence-corrected chi connectivity index (χ2v) is 6.40. The van der Waals surface area contributed by atoms with Gasteiger partial charge in [-0.2, -0.15) is 0 Å². The average molecular weight is 394 g/mol. The molecule has 1 unspecified atom stereocenters. The van der Waals surface area contributed by atoms with E-state index in [9.17, 15) is 27.9 Å². The summed E-state index contributed by atoms with van der Waals surface area (Å²) in [6.45, 7) is -0.130. The van der Waals surface area contributed by atoms with Gasteiger partial charge in [0.15, 0.2) is 0 Å². The molecule has 28 heavy (non-hydrogen) atoms. The van der Waals surface area contributed by atoms with Crippen LogP contribution in [0, 0.1) is 0 Å². The lowest BCUT2D eigenvalue weighted by molar-refractivity contribution is -0.274. The van der Waals surface area contributed by atoms with E-state index in [0.717, 1.165) is 23.3 Å². The third kappa shape index (κ3) is 4.61. The molecule has 1 aliphatic rings. The van der Waals surface area contributed by atoms with Crippen LogP contribution in [0.2, 0.25) is 0 Å². The summed E-state index contributed by atoms with van der Waals surface area (Å²) in [6.07, 6.45) is -3.72. The van der Waals surface area contributed by atoms with E-state index in [1.54, 1.807) is 12.1 Å². The van der Waals surface area contributed by atoms with Crippen LogP contribution in [0.25, 0.3) is 0 Å². The van der Waals surface area contributed by atoms with Gasteiger partial charge in [0, 0.05) is 5.69 Å². The largest absolute Gasteiger partial charge is 0.573 e. The Morgan fingerprint density at radius 3 is 2.43 bits per heavy atom. The Balaban J connectivity index is 1.55. The second-order valence-electron chi connectivity index (χ2n) is 6.40. The quantitative estimate of drug-likeness (QED) is 0.696. The lowest BCUT2D eigenvalue weighted by Crippen LogP contribution is -2.43. The predicted octanol–water partition coefficient (Wildman–Crippen LogP) is 2.47. The summed E-state index contributed by atoms with van der Waals surface area (Å²) < 4.78 is 40.1. The fourth-order valence-electron chi connectivity index (χ4n) is 3.09. The number of ether oxygens (including phenoxy) is 1. The zero-order valence-electron chi connectivity index (χ0n) is 14.5. The number of amides is 2. The van der Waals surface area contributed by atoms with Crippen LogP contribution in [0.1, 0.15) is 17.5 Å². The summed E-state index contributed by atoms with van der Waals surface area (Å²) in [5.74, 6) is -2.41. The maximum Gasteiger partial charge on any atom is 0.573 e. The van der Waals surface area contributed by atoms with E-state index in [1.165, 1.54) is 12.1 Å². The second kappa shape index (κ2) is 7.51. The van der Waals surface area contributed by atoms with Crippen molar-refractivity contribution in [1.82, 2.24) is 5.32 Å². The van der Waals surface area contributed by atoms with E-state index in [-0.39, 0.29) is 12.2 Å². The van der Waals surface area contributed by atoms with Crippen molar-refractivity contribution in [1.29, 1.82) is 0 Å². The highest BCUT2D eigenvalue weighted by atomic mass is 19.4. The van der Waals surface area contributed by atoms with Crippen molar-refractivity contribution in [3.63, 3.8) is 0 Å². The van der Waals surface area contributed by atoms with Crippen LogP contribution >= 0.6 is 0 Å². The summed E-state index contributed by atoms with van der Waals surface area (Å²) in [6, 6.07) is 11.7. The first-order valence-electron chi connectivity index (χ1n) is 8.42. The number of aliphatic hydroxyl groups is 1. The van der Waals surface area contributed by atoms with E-state index in [4.69, 9.17) is 0 Å². The van der Waals surface area contributed by atoms with Crippen LogP contribution in [0.4, 0.5) is 18.9 Å². The minimum Gasteiger partial charge on any atom is -0.406 e. The highest BCUT2D eigenvalue weighted by Crippen LogP contribution is 2.36. The number of hydrogen-bond donors (Lipinski definition) is 3. The molecule has 2 aromatic rings. The Morgan fingerprint density at radius 2 is 1.75 bits per heavy atom. The maximum atomic E-state index is 12.1. The van der Waals surface area contributed by atoms with Gasteiger partial charge in [0.25, 0.3) is 0 Å². The summed E-state index contributed by atoms with van der Waals surface area (Å²) in [5, 5.41) is 15.4. The zero-order valence-corrected chi connectivity index (χ0v) is 14.5. The van der Waals surface area contributed by atoms with Crippen molar-refractivity contribution in [2.24, 2.45) is 0 Å². The molecule has 1 atom stereocenters. The minimum atomic E-state index is -4.82. The van der Waals surface area contributed by atoms with Gasteiger partial charge in [-0.05, 0) is 48.2 Å². The molecule has 3 N–H and O–H groups in total. The summed E-state index contributed by atoms with van der Waals surface area (Å²) in [5.41, 5.74) is 0.587. The molecule has 9 heteroatoms. The van der Waals surface area contributed by atoms with Gasteiger partial charge in [0.2, 0.25) is 0 Å². The molecule has 2 aromatic carbocycles. The molecule has 0 saturated carbocycles. The Labute approximate surface area is 158 Å². The molecular weight excluding hydrogens is 377 g/mol. The molecule has 148 valence electrons. The maximum absolute atomic E-state index is 12.1. The van der Waals surface area contributed by atoms with Crippen LogP contribution in [-0.2, 0) is 21.6 Å². The SMILES string of the molecule is O=C(NCC1(O)CCc2ccccc21)C(=O)Nc1ccc(OC(F)(F)F)cc1. The number of alkyl halides is 3. The Kier molecular flexibility index (Phi) is 5.28. The molecule has 0 heterocycles. The van der Waals surface area contributed by atoms with Crippen molar-refractivity contribution < 1.29 is 32.6 Å². The van der Waals surface area contributed by atoms with Gasteiger partial charge >= 0.3 is 18.2 Å². The summed E-state index contributed by atoms with van der Waals surface area (Å²) >= 11 is 0. The monoisotopic (exact) mass is 394 g/mol. The number of rotatable bonds is 4. The first-order valence-corrected chi connectivity index (χ1v) is 8.42. The number of fused-ring (bicyclic) bond motifs is 1. The highest BCUT2D eigenvalue weighted by Gasteiger charge is 2.37. The number of carbonyl (C=O) groups excluding carboxylic acids is 2. The van der Waals surface area contributed by atoms with Gasteiger partial charge in [0.1, 0.15) is 11.4 Å². The lowest BCUT2D eigenvalue weighted by Gasteiger charge is -2.24. The van der Waals surface area contributed by atoms with E-state index in [1.807, 2.05) is 12.1 Å². The molecule has 0 bridgehead atoms. The topological polar surface area (TPSA) is 87.7 Å². The zero-order chi connectivity index (χ0) is 20.4. The molecule has 1 aliphatic carbocycles. The lowest BCUT2D eigenvalue weighted by atomic mass is 9.96. The molecule has 0 fully saturated rings. The van der Waals surface area contributed by atoms with E-state index >= 15 is 0 Å². The third-order valence-corrected chi connectivity index (χ3v) is 4.42. The van der Waals surface area contributed by atoms with Crippen molar-refractivity contribution >= 4 is 17.5 Å². The number of benzene rings is 2. The first kappa shape index (κ1) is 19.7. The fourth-order valence-corrected chi connectivity index (χ4v) is 3.09. The first-order chi connectivity index (χ1) is 13.2. The number of hydrogen-bond acceptors (Lipinski definition) is 4. The average Bonchev–Trinajstić information content (AvgIpc) is 2.98. The minimum absolute atomic E-state index is 0.125.